The quantitative estimate of drug-likeness (QED) is 0.181. The van der Waals surface area contributed by atoms with E-state index in [4.69, 9.17) is 19.7 Å². The van der Waals surface area contributed by atoms with Gasteiger partial charge in [-0.2, -0.15) is 18.3 Å². The number of anilines is 3. The minimum absolute atomic E-state index is 0.207. The summed E-state index contributed by atoms with van der Waals surface area (Å²) in [7, 11) is 0. The van der Waals surface area contributed by atoms with Crippen LogP contribution in [0.4, 0.5) is 30.6 Å². The molecular weight excluding hydrogens is 593 g/mol. The highest BCUT2D eigenvalue weighted by Crippen LogP contribution is 2.38. The predicted octanol–water partition coefficient (Wildman–Crippen LogP) is 6.24. The number of nitrogens with zero attached hydrogens (tertiary/aromatic N) is 8. The Morgan fingerprint density at radius 2 is 1.59 bits per heavy atom. The minimum atomic E-state index is -4.43. The first-order chi connectivity index (χ1) is 22.2. The molecule has 0 radical (unpaired) electrons. The van der Waals surface area contributed by atoms with Crippen molar-refractivity contribution >= 4 is 28.5 Å². The van der Waals surface area contributed by atoms with Gasteiger partial charge in [0.25, 0.3) is 0 Å². The van der Waals surface area contributed by atoms with E-state index >= 15 is 0 Å². The molecule has 4 heterocycles. The Kier molecular flexibility index (Phi) is 8.48. The Morgan fingerprint density at radius 1 is 0.891 bits per heavy atom. The second kappa shape index (κ2) is 12.7. The number of fused-ring (bicyclic) bond motifs is 1. The van der Waals surface area contributed by atoms with Crippen molar-refractivity contribution in [3.05, 3.63) is 65.1 Å². The molecule has 0 unspecified atom stereocenters. The van der Waals surface area contributed by atoms with E-state index in [1.54, 1.807) is 19.3 Å². The minimum Gasteiger partial charge on any atom is -0.378 e. The molecule has 1 saturated heterocycles. The average Bonchev–Trinajstić information content (AvgIpc) is 3.99. The summed E-state index contributed by atoms with van der Waals surface area (Å²) >= 11 is 0. The van der Waals surface area contributed by atoms with Crippen LogP contribution in [0.5, 0.6) is 0 Å². The Bertz CT molecular complexity index is 1650. The summed E-state index contributed by atoms with van der Waals surface area (Å²) in [6.07, 6.45) is 5.95. The van der Waals surface area contributed by atoms with Crippen molar-refractivity contribution in [2.75, 3.05) is 54.1 Å². The average molecular weight is 635 g/mol. The lowest BCUT2D eigenvalue weighted by molar-refractivity contribution is -0.137. The van der Waals surface area contributed by atoms with Crippen LogP contribution in [-0.4, -0.2) is 64.1 Å². The van der Waals surface area contributed by atoms with Crippen molar-refractivity contribution in [2.45, 2.75) is 65.3 Å². The van der Waals surface area contributed by atoms with Gasteiger partial charge in [-0.05, 0) is 75.1 Å². The monoisotopic (exact) mass is 634 g/mol. The van der Waals surface area contributed by atoms with Gasteiger partial charge in [0.15, 0.2) is 5.65 Å². The summed E-state index contributed by atoms with van der Waals surface area (Å²) < 4.78 is 48.9. The van der Waals surface area contributed by atoms with Crippen LogP contribution in [0.1, 0.15) is 54.9 Å². The second-order valence-corrected chi connectivity index (χ2v) is 13.0. The Labute approximate surface area is 267 Å². The van der Waals surface area contributed by atoms with E-state index in [1.807, 2.05) is 21.8 Å². The fourth-order valence-electron chi connectivity index (χ4n) is 6.34. The van der Waals surface area contributed by atoms with Crippen molar-refractivity contribution in [2.24, 2.45) is 11.8 Å². The number of aryl methyl sites for hydroxylation is 2. The molecule has 0 bridgehead atoms. The lowest BCUT2D eigenvalue weighted by Gasteiger charge is -2.30. The Hall–Kier alpha value is -3.93. The van der Waals surface area contributed by atoms with Gasteiger partial charge < -0.3 is 19.4 Å². The smallest absolute Gasteiger partial charge is 0.378 e. The number of aromatic nitrogens is 5. The van der Waals surface area contributed by atoms with Gasteiger partial charge in [-0.15, -0.1) is 0 Å². The van der Waals surface area contributed by atoms with Gasteiger partial charge in [-0.1, -0.05) is 11.6 Å². The first-order valence-electron chi connectivity index (χ1n) is 16.4. The van der Waals surface area contributed by atoms with Crippen LogP contribution in [0.2, 0.25) is 0 Å². The van der Waals surface area contributed by atoms with E-state index in [2.05, 4.69) is 27.9 Å². The normalized spacial score (nSPS) is 17.1. The zero-order valence-corrected chi connectivity index (χ0v) is 26.5. The molecule has 0 amide bonds. The van der Waals surface area contributed by atoms with E-state index in [0.29, 0.717) is 55.2 Å². The molecule has 0 N–H and O–H groups in total. The Balaban J connectivity index is 1.28. The van der Waals surface area contributed by atoms with Crippen molar-refractivity contribution in [1.29, 1.82) is 0 Å². The second-order valence-electron chi connectivity index (χ2n) is 13.0. The molecular formula is C34H41F3N8O. The standard InChI is InChI=1S/C34H41F3N8O/c1-3-45-32-27(16-40-45)15-28(31(41-32)43(19-24-4-5-24)20-25-6-7-25)22-44(21-26-12-23(2)13-29(14-26)34(35,36)37)33-38-17-30(18-39-33)42-8-10-46-11-9-42/h12-18,24-25H,3-11,19-22H2,1-2H3. The molecule has 1 aliphatic heterocycles. The van der Waals surface area contributed by atoms with Crippen LogP contribution in [-0.2, 0) is 30.5 Å². The van der Waals surface area contributed by atoms with Gasteiger partial charge in [0.2, 0.25) is 5.95 Å². The molecule has 2 saturated carbocycles. The lowest BCUT2D eigenvalue weighted by Crippen LogP contribution is -2.36. The molecule has 1 aromatic carbocycles. The van der Waals surface area contributed by atoms with E-state index in [1.165, 1.54) is 37.8 Å². The summed E-state index contributed by atoms with van der Waals surface area (Å²) in [6.45, 7) is 9.79. The van der Waals surface area contributed by atoms with Gasteiger partial charge in [0.1, 0.15) is 5.82 Å². The highest BCUT2D eigenvalue weighted by molar-refractivity contribution is 5.79. The third-order valence-electron chi connectivity index (χ3n) is 9.10. The largest absolute Gasteiger partial charge is 0.416 e. The van der Waals surface area contributed by atoms with E-state index < -0.39 is 11.7 Å². The van der Waals surface area contributed by atoms with Crippen LogP contribution in [0.3, 0.4) is 0 Å². The van der Waals surface area contributed by atoms with Crippen molar-refractivity contribution < 1.29 is 17.9 Å². The summed E-state index contributed by atoms with van der Waals surface area (Å²) in [5.41, 5.74) is 3.21. The van der Waals surface area contributed by atoms with Gasteiger partial charge in [-0.3, -0.25) is 0 Å². The number of ether oxygens (including phenoxy) is 1. The summed E-state index contributed by atoms with van der Waals surface area (Å²) in [4.78, 5) is 21.4. The summed E-state index contributed by atoms with van der Waals surface area (Å²) in [6, 6.07) is 6.39. The van der Waals surface area contributed by atoms with Gasteiger partial charge in [0, 0.05) is 56.8 Å². The van der Waals surface area contributed by atoms with Crippen LogP contribution in [0, 0.1) is 18.8 Å². The van der Waals surface area contributed by atoms with Gasteiger partial charge in [-0.25, -0.2) is 19.6 Å². The molecule has 4 aromatic rings. The topological polar surface area (TPSA) is 75.4 Å². The van der Waals surface area contributed by atoms with Crippen LogP contribution in [0.25, 0.3) is 11.0 Å². The number of morpholine rings is 1. The first-order valence-corrected chi connectivity index (χ1v) is 16.4. The maximum atomic E-state index is 13.8. The molecule has 12 heteroatoms. The van der Waals surface area contributed by atoms with Crippen LogP contribution < -0.4 is 14.7 Å². The van der Waals surface area contributed by atoms with Gasteiger partial charge >= 0.3 is 6.18 Å². The van der Waals surface area contributed by atoms with Crippen molar-refractivity contribution in [3.8, 4) is 0 Å². The number of hydrogen-bond acceptors (Lipinski definition) is 8. The maximum Gasteiger partial charge on any atom is 0.416 e. The SMILES string of the molecule is CCn1ncc2cc(CN(Cc3cc(C)cc(C(F)(F)F)c3)c3ncc(N4CCOCC4)cn3)c(N(CC3CC3)CC3CC3)nc21. The molecule has 7 rings (SSSR count). The predicted molar refractivity (Wildman–Crippen MR) is 172 cm³/mol. The van der Waals surface area contributed by atoms with Gasteiger partial charge in [0.05, 0.1) is 43.1 Å². The number of halogens is 3. The molecule has 3 fully saturated rings. The van der Waals surface area contributed by atoms with E-state index in [9.17, 15) is 13.2 Å². The fourth-order valence-corrected chi connectivity index (χ4v) is 6.34. The number of hydrogen-bond donors (Lipinski definition) is 0. The van der Waals surface area contributed by atoms with E-state index in [0.717, 1.165) is 54.3 Å². The summed E-state index contributed by atoms with van der Waals surface area (Å²) in [5, 5.41) is 5.52. The lowest BCUT2D eigenvalue weighted by atomic mass is 10.1. The molecule has 0 spiro atoms. The molecule has 46 heavy (non-hydrogen) atoms. The molecule has 9 nitrogen and oxygen atoms in total. The Morgan fingerprint density at radius 3 is 2.22 bits per heavy atom. The molecule has 0 atom stereocenters. The highest BCUT2D eigenvalue weighted by atomic mass is 19.4. The fraction of sp³-hybridized carbons (Fsp3) is 0.529. The van der Waals surface area contributed by atoms with Crippen molar-refractivity contribution in [1.82, 2.24) is 24.7 Å². The van der Waals surface area contributed by atoms with Crippen LogP contribution in [0.15, 0.2) is 42.9 Å². The molecule has 2 aliphatic carbocycles. The number of benzene rings is 1. The van der Waals surface area contributed by atoms with Crippen molar-refractivity contribution in [3.63, 3.8) is 0 Å². The molecule has 3 aliphatic rings. The third kappa shape index (κ3) is 7.06. The third-order valence-corrected chi connectivity index (χ3v) is 9.10. The zero-order valence-electron chi connectivity index (χ0n) is 26.5. The highest BCUT2D eigenvalue weighted by Gasteiger charge is 2.33. The summed E-state index contributed by atoms with van der Waals surface area (Å²) in [5.74, 6) is 2.72. The molecule has 244 valence electrons. The number of rotatable bonds is 12. The van der Waals surface area contributed by atoms with Crippen LogP contribution >= 0.6 is 0 Å². The zero-order chi connectivity index (χ0) is 31.8. The maximum absolute atomic E-state index is 13.8. The molecule has 3 aromatic heterocycles. The first kappa shape index (κ1) is 30.7. The van der Waals surface area contributed by atoms with E-state index in [-0.39, 0.29) is 6.54 Å². The number of pyridine rings is 1. The number of alkyl halides is 3.